The fraction of sp³-hybridized carbons (Fsp3) is 0.533. The highest BCUT2D eigenvalue weighted by atomic mass is 32.2. The Kier molecular flexibility index (Phi) is 4.68. The molecule has 21 heavy (non-hydrogen) atoms. The molecule has 0 saturated heterocycles. The minimum absolute atomic E-state index is 0.0216. The molecule has 1 saturated carbocycles. The zero-order valence-corrected chi connectivity index (χ0v) is 13.2. The summed E-state index contributed by atoms with van der Waals surface area (Å²) in [6, 6.07) is 4.49. The van der Waals surface area contributed by atoms with E-state index in [1.54, 1.807) is 13.0 Å². The first kappa shape index (κ1) is 16.0. The second-order valence-electron chi connectivity index (χ2n) is 5.97. The van der Waals surface area contributed by atoms with Gasteiger partial charge in [0.2, 0.25) is 15.9 Å². The first-order valence-corrected chi connectivity index (χ1v) is 8.76. The highest BCUT2D eigenvalue weighted by Gasteiger charge is 2.24. The summed E-state index contributed by atoms with van der Waals surface area (Å²) in [7, 11) is -3.71. The van der Waals surface area contributed by atoms with Gasteiger partial charge in [-0.1, -0.05) is 6.92 Å². The van der Waals surface area contributed by atoms with Crippen LogP contribution in [-0.4, -0.2) is 14.3 Å². The lowest BCUT2D eigenvalue weighted by molar-refractivity contribution is -0.121. The number of aryl methyl sites for hydroxylation is 1. The van der Waals surface area contributed by atoms with Gasteiger partial charge in [-0.15, -0.1) is 0 Å². The van der Waals surface area contributed by atoms with E-state index in [9.17, 15) is 13.2 Å². The average molecular weight is 310 g/mol. The Morgan fingerprint density at radius 3 is 2.38 bits per heavy atom. The highest BCUT2D eigenvalue weighted by Crippen LogP contribution is 2.29. The van der Waals surface area contributed by atoms with E-state index in [4.69, 9.17) is 5.14 Å². The number of amides is 1. The Morgan fingerprint density at radius 2 is 1.86 bits per heavy atom. The van der Waals surface area contributed by atoms with Gasteiger partial charge < -0.3 is 5.32 Å². The van der Waals surface area contributed by atoms with Crippen molar-refractivity contribution >= 4 is 21.6 Å². The molecular formula is C15H22N2O3S. The molecule has 1 aliphatic carbocycles. The minimum atomic E-state index is -3.71. The van der Waals surface area contributed by atoms with Crippen molar-refractivity contribution in [3.8, 4) is 0 Å². The zero-order valence-electron chi connectivity index (χ0n) is 12.4. The van der Waals surface area contributed by atoms with Crippen LogP contribution >= 0.6 is 0 Å². The average Bonchev–Trinajstić information content (AvgIpc) is 2.40. The fourth-order valence-corrected chi connectivity index (χ4v) is 3.31. The number of carbonyl (C=O) groups excluding carboxylic acids is 1. The maximum Gasteiger partial charge on any atom is 0.238 e. The third kappa shape index (κ3) is 4.04. The van der Waals surface area contributed by atoms with E-state index >= 15 is 0 Å². The number of hydrogen-bond donors (Lipinski definition) is 2. The first-order valence-electron chi connectivity index (χ1n) is 7.21. The summed E-state index contributed by atoms with van der Waals surface area (Å²) in [4.78, 5) is 12.3. The molecule has 0 unspecified atom stereocenters. The lowest BCUT2D eigenvalue weighted by atomic mass is 9.82. The van der Waals surface area contributed by atoms with Crippen molar-refractivity contribution in [1.29, 1.82) is 0 Å². The number of carbonyl (C=O) groups is 1. The van der Waals surface area contributed by atoms with Crippen molar-refractivity contribution in [3.05, 3.63) is 23.8 Å². The van der Waals surface area contributed by atoms with Crippen molar-refractivity contribution < 1.29 is 13.2 Å². The zero-order chi connectivity index (χ0) is 15.6. The fourth-order valence-electron chi connectivity index (χ4n) is 2.71. The number of nitrogens with one attached hydrogen (secondary N) is 1. The molecule has 0 spiro atoms. The molecule has 1 aromatic rings. The van der Waals surface area contributed by atoms with Gasteiger partial charge in [0.1, 0.15) is 0 Å². The molecule has 0 heterocycles. The molecule has 0 bridgehead atoms. The van der Waals surface area contributed by atoms with Crippen LogP contribution in [0.3, 0.4) is 0 Å². The van der Waals surface area contributed by atoms with Gasteiger partial charge in [0.15, 0.2) is 0 Å². The third-order valence-corrected chi connectivity index (χ3v) is 5.08. The van der Waals surface area contributed by atoms with Crippen molar-refractivity contribution in [2.75, 3.05) is 5.32 Å². The standard InChI is InChI=1S/C15H22N2O3S/c1-10-3-5-12(6-4-10)15(18)17-14-8-7-13(9-11(14)2)21(16,19)20/h7-10,12H,3-6H2,1-2H3,(H,17,18)(H2,16,19,20). The molecule has 0 radical (unpaired) electrons. The van der Waals surface area contributed by atoms with Crippen molar-refractivity contribution in [2.45, 2.75) is 44.4 Å². The molecular weight excluding hydrogens is 288 g/mol. The van der Waals surface area contributed by atoms with Gasteiger partial charge in [-0.25, -0.2) is 13.6 Å². The number of benzene rings is 1. The number of sulfonamides is 1. The van der Waals surface area contributed by atoms with Crippen LogP contribution in [0.2, 0.25) is 0 Å². The second kappa shape index (κ2) is 6.15. The summed E-state index contributed by atoms with van der Waals surface area (Å²) in [5, 5.41) is 7.99. The Balaban J connectivity index is 2.08. The van der Waals surface area contributed by atoms with Gasteiger partial charge in [0, 0.05) is 11.6 Å². The Hall–Kier alpha value is -1.40. The van der Waals surface area contributed by atoms with E-state index in [2.05, 4.69) is 12.2 Å². The third-order valence-electron chi connectivity index (χ3n) is 4.17. The van der Waals surface area contributed by atoms with E-state index < -0.39 is 10.0 Å². The molecule has 0 aromatic heterocycles. The number of hydrogen-bond acceptors (Lipinski definition) is 3. The van der Waals surface area contributed by atoms with E-state index in [1.165, 1.54) is 12.1 Å². The molecule has 2 rings (SSSR count). The van der Waals surface area contributed by atoms with Crippen LogP contribution in [0, 0.1) is 18.8 Å². The van der Waals surface area contributed by atoms with Gasteiger partial charge in [-0.05, 0) is 62.3 Å². The topological polar surface area (TPSA) is 89.3 Å². The number of primary sulfonamides is 1. The van der Waals surface area contributed by atoms with E-state index in [0.29, 0.717) is 17.2 Å². The summed E-state index contributed by atoms with van der Waals surface area (Å²) >= 11 is 0. The van der Waals surface area contributed by atoms with E-state index in [1.807, 2.05) is 0 Å². The lowest BCUT2D eigenvalue weighted by Gasteiger charge is -2.25. The van der Waals surface area contributed by atoms with Crippen molar-refractivity contribution in [3.63, 3.8) is 0 Å². The number of anilines is 1. The summed E-state index contributed by atoms with van der Waals surface area (Å²) < 4.78 is 22.6. The second-order valence-corrected chi connectivity index (χ2v) is 7.53. The summed E-state index contributed by atoms with van der Waals surface area (Å²) in [6.45, 7) is 3.97. The molecule has 1 aromatic carbocycles. The van der Waals surface area contributed by atoms with Crippen LogP contribution < -0.4 is 10.5 Å². The van der Waals surface area contributed by atoms with E-state index in [0.717, 1.165) is 25.7 Å². The molecule has 6 heteroatoms. The predicted octanol–water partition coefficient (Wildman–Crippen LogP) is 2.41. The molecule has 5 nitrogen and oxygen atoms in total. The van der Waals surface area contributed by atoms with Crippen LogP contribution in [0.4, 0.5) is 5.69 Å². The van der Waals surface area contributed by atoms with E-state index in [-0.39, 0.29) is 16.7 Å². The summed E-state index contributed by atoms with van der Waals surface area (Å²) in [5.74, 6) is 0.775. The van der Waals surface area contributed by atoms with Crippen LogP contribution in [0.15, 0.2) is 23.1 Å². The molecule has 1 fully saturated rings. The largest absolute Gasteiger partial charge is 0.326 e. The highest BCUT2D eigenvalue weighted by molar-refractivity contribution is 7.89. The van der Waals surface area contributed by atoms with Crippen molar-refractivity contribution in [2.24, 2.45) is 17.0 Å². The Bertz CT molecular complexity index is 632. The maximum atomic E-state index is 12.3. The van der Waals surface area contributed by atoms with Crippen LogP contribution in [0.5, 0.6) is 0 Å². The molecule has 1 amide bonds. The predicted molar refractivity (Wildman–Crippen MR) is 82.3 cm³/mol. The van der Waals surface area contributed by atoms with Crippen LogP contribution in [0.25, 0.3) is 0 Å². The quantitative estimate of drug-likeness (QED) is 0.898. The maximum absolute atomic E-state index is 12.3. The first-order chi connectivity index (χ1) is 9.77. The normalized spacial score (nSPS) is 22.8. The van der Waals surface area contributed by atoms with Gasteiger partial charge in [-0.2, -0.15) is 0 Å². The van der Waals surface area contributed by atoms with Gasteiger partial charge >= 0.3 is 0 Å². The molecule has 116 valence electrons. The smallest absolute Gasteiger partial charge is 0.238 e. The molecule has 0 atom stereocenters. The van der Waals surface area contributed by atoms with Gasteiger partial charge in [-0.3, -0.25) is 4.79 Å². The summed E-state index contributed by atoms with van der Waals surface area (Å²) in [6.07, 6.45) is 4.01. The Morgan fingerprint density at radius 1 is 1.24 bits per heavy atom. The van der Waals surface area contributed by atoms with Crippen molar-refractivity contribution in [1.82, 2.24) is 0 Å². The SMILES string of the molecule is Cc1cc(S(N)(=O)=O)ccc1NC(=O)C1CCC(C)CC1. The molecule has 0 aliphatic heterocycles. The van der Waals surface area contributed by atoms with Crippen LogP contribution in [0.1, 0.15) is 38.2 Å². The lowest BCUT2D eigenvalue weighted by Crippen LogP contribution is -2.27. The molecule has 1 aliphatic rings. The number of nitrogens with two attached hydrogens (primary N) is 1. The monoisotopic (exact) mass is 310 g/mol. The summed E-state index contributed by atoms with van der Waals surface area (Å²) in [5.41, 5.74) is 1.34. The Labute approximate surface area is 126 Å². The minimum Gasteiger partial charge on any atom is -0.326 e. The molecule has 3 N–H and O–H groups in total. The number of rotatable bonds is 3. The van der Waals surface area contributed by atoms with Gasteiger partial charge in [0.05, 0.1) is 4.90 Å². The van der Waals surface area contributed by atoms with Gasteiger partial charge in [0.25, 0.3) is 0 Å². The van der Waals surface area contributed by atoms with Crippen LogP contribution in [-0.2, 0) is 14.8 Å².